The van der Waals surface area contributed by atoms with Gasteiger partial charge < -0.3 is 14.6 Å². The number of hydrogen-bond acceptors (Lipinski definition) is 4. The normalized spacial score (nSPS) is 27.6. The maximum absolute atomic E-state index is 13.2. The summed E-state index contributed by atoms with van der Waals surface area (Å²) in [5.74, 6) is -0.338. The molecule has 1 aliphatic carbocycles. The van der Waals surface area contributed by atoms with Crippen molar-refractivity contribution in [2.75, 3.05) is 6.61 Å². The minimum atomic E-state index is -0.923. The molecule has 168 valence electrons. The van der Waals surface area contributed by atoms with Crippen LogP contribution in [0, 0.1) is 20.8 Å². The molecule has 0 atom stereocenters. The lowest BCUT2D eigenvalue weighted by Gasteiger charge is -2.41. The summed E-state index contributed by atoms with van der Waals surface area (Å²) in [4.78, 5) is 13.2. The van der Waals surface area contributed by atoms with Crippen molar-refractivity contribution in [1.82, 2.24) is 0 Å². The van der Waals surface area contributed by atoms with Crippen LogP contribution < -0.4 is 0 Å². The molecule has 2 aromatic rings. The van der Waals surface area contributed by atoms with Crippen molar-refractivity contribution in [3.05, 3.63) is 63.4 Å². The van der Waals surface area contributed by atoms with E-state index >= 15 is 0 Å². The number of rotatable bonds is 2. The lowest BCUT2D eigenvalue weighted by atomic mass is 9.73. The van der Waals surface area contributed by atoms with E-state index in [0.29, 0.717) is 23.4 Å². The van der Waals surface area contributed by atoms with Crippen LogP contribution in [0.5, 0.6) is 0 Å². The Morgan fingerprint density at radius 2 is 1.59 bits per heavy atom. The number of esters is 1. The maximum atomic E-state index is 13.2. The number of hydrogen-bond donors (Lipinski definition) is 1. The summed E-state index contributed by atoms with van der Waals surface area (Å²) in [6.07, 6.45) is 4.94. The minimum absolute atomic E-state index is 0.0902. The molecule has 2 heterocycles. The van der Waals surface area contributed by atoms with Crippen LogP contribution in [0.25, 0.3) is 16.7 Å². The lowest BCUT2D eigenvalue weighted by Crippen LogP contribution is -2.44. The zero-order chi connectivity index (χ0) is 22.7. The molecule has 5 rings (SSSR count). The molecule has 2 aliphatic heterocycles. The summed E-state index contributed by atoms with van der Waals surface area (Å²) in [6, 6.07) is 9.79. The third kappa shape index (κ3) is 3.27. The number of carbonyl (C=O) groups excluding carboxylic acids is 1. The predicted molar refractivity (Wildman–Crippen MR) is 126 cm³/mol. The molecule has 0 unspecified atom stereocenters. The number of carbonyl (C=O) groups is 1. The molecule has 1 N–H and O–H groups in total. The van der Waals surface area contributed by atoms with Gasteiger partial charge in [0.15, 0.2) is 11.4 Å². The van der Waals surface area contributed by atoms with E-state index in [9.17, 15) is 9.90 Å². The highest BCUT2D eigenvalue weighted by Gasteiger charge is 2.54. The summed E-state index contributed by atoms with van der Waals surface area (Å²) in [7, 11) is 0. The molecule has 0 aromatic heterocycles. The molecule has 2 fully saturated rings. The first-order chi connectivity index (χ1) is 15.3. The molecule has 3 aliphatic rings. The van der Waals surface area contributed by atoms with Gasteiger partial charge in [0.2, 0.25) is 0 Å². The summed E-state index contributed by atoms with van der Waals surface area (Å²) in [5, 5.41) is 12.1. The Hall–Kier alpha value is -2.30. The lowest BCUT2D eigenvalue weighted by molar-refractivity contribution is -0.156. The van der Waals surface area contributed by atoms with Gasteiger partial charge in [0, 0.05) is 11.6 Å². The van der Waals surface area contributed by atoms with Crippen molar-refractivity contribution in [3.8, 4) is 11.1 Å². The predicted octanol–water partition coefficient (Wildman–Crippen LogP) is 6.62. The van der Waals surface area contributed by atoms with Crippen molar-refractivity contribution in [3.63, 3.8) is 0 Å². The van der Waals surface area contributed by atoms with Crippen LogP contribution in [0.2, 0.25) is 5.02 Å². The number of aliphatic hydroxyl groups excluding tert-OH is 1. The summed E-state index contributed by atoms with van der Waals surface area (Å²) in [6.45, 7) is 6.87. The number of halogens is 1. The highest BCUT2D eigenvalue weighted by Crippen LogP contribution is 2.51. The molecule has 1 saturated carbocycles. The van der Waals surface area contributed by atoms with Crippen molar-refractivity contribution in [2.24, 2.45) is 0 Å². The van der Waals surface area contributed by atoms with E-state index in [1.165, 1.54) is 0 Å². The minimum Gasteiger partial charge on any atom is -0.507 e. The molecule has 2 spiro atoms. The molecule has 1 saturated heterocycles. The largest absolute Gasteiger partial charge is 0.507 e. The van der Waals surface area contributed by atoms with E-state index in [-0.39, 0.29) is 11.4 Å². The monoisotopic (exact) mass is 452 g/mol. The molecule has 32 heavy (non-hydrogen) atoms. The van der Waals surface area contributed by atoms with Crippen molar-refractivity contribution < 1.29 is 19.4 Å². The molecule has 4 nitrogen and oxygen atoms in total. The summed E-state index contributed by atoms with van der Waals surface area (Å²) < 4.78 is 12.0. The van der Waals surface area contributed by atoms with E-state index in [2.05, 4.69) is 13.0 Å². The van der Waals surface area contributed by atoms with E-state index < -0.39 is 11.6 Å². The Morgan fingerprint density at radius 3 is 2.22 bits per heavy atom. The maximum Gasteiger partial charge on any atom is 0.343 e. The van der Waals surface area contributed by atoms with Gasteiger partial charge in [-0.15, -0.1) is 0 Å². The topological polar surface area (TPSA) is 55.8 Å². The van der Waals surface area contributed by atoms with Gasteiger partial charge in [-0.05, 0) is 105 Å². The van der Waals surface area contributed by atoms with E-state index in [0.717, 1.165) is 65.7 Å². The highest BCUT2D eigenvalue weighted by molar-refractivity contribution is 6.30. The molecule has 0 radical (unpaired) electrons. The quantitative estimate of drug-likeness (QED) is 0.520. The summed E-state index contributed by atoms with van der Waals surface area (Å²) >= 11 is 6.09. The fourth-order valence-corrected chi connectivity index (χ4v) is 6.18. The highest BCUT2D eigenvalue weighted by atomic mass is 35.5. The van der Waals surface area contributed by atoms with Crippen molar-refractivity contribution >= 4 is 23.1 Å². The van der Waals surface area contributed by atoms with E-state index in [1.54, 1.807) is 0 Å². The SMILES string of the molecule is Cc1cc(C)c(-c2ccc(Cl)cc2)c(C)c1C1=C(O)[C@]2(CC[C@]3(CCCO3)CC2)OC1=O. The third-order valence-electron chi connectivity index (χ3n) is 7.67. The molecule has 5 heteroatoms. The van der Waals surface area contributed by atoms with Crippen LogP contribution in [0.3, 0.4) is 0 Å². The fraction of sp³-hybridized carbons (Fsp3) is 0.444. The molecule has 2 aromatic carbocycles. The Labute approximate surface area is 194 Å². The first kappa shape index (κ1) is 21.5. The van der Waals surface area contributed by atoms with Gasteiger partial charge in [-0.1, -0.05) is 29.8 Å². The Kier molecular flexibility index (Phi) is 5.14. The van der Waals surface area contributed by atoms with Gasteiger partial charge in [-0.2, -0.15) is 0 Å². The van der Waals surface area contributed by atoms with Gasteiger partial charge in [-0.25, -0.2) is 4.79 Å². The zero-order valence-corrected chi connectivity index (χ0v) is 19.6. The third-order valence-corrected chi connectivity index (χ3v) is 7.92. The molecule has 0 bridgehead atoms. The smallest absolute Gasteiger partial charge is 0.343 e. The van der Waals surface area contributed by atoms with Crippen molar-refractivity contribution in [1.29, 1.82) is 0 Å². The van der Waals surface area contributed by atoms with Crippen molar-refractivity contribution in [2.45, 2.75) is 70.5 Å². The second-order valence-electron chi connectivity index (χ2n) is 9.63. The van der Waals surface area contributed by atoms with Crippen LogP contribution in [-0.4, -0.2) is 28.9 Å². The number of aliphatic hydroxyl groups is 1. The summed E-state index contributed by atoms with van der Waals surface area (Å²) in [5.41, 5.74) is 5.20. The molecule has 0 amide bonds. The number of benzene rings is 2. The van der Waals surface area contributed by atoms with Crippen LogP contribution in [-0.2, 0) is 14.3 Å². The number of aryl methyl sites for hydroxylation is 2. The van der Waals surface area contributed by atoms with Gasteiger partial charge in [0.1, 0.15) is 5.57 Å². The second kappa shape index (κ2) is 7.64. The van der Waals surface area contributed by atoms with E-state index in [4.69, 9.17) is 21.1 Å². The second-order valence-corrected chi connectivity index (χ2v) is 10.1. The van der Waals surface area contributed by atoms with Crippen LogP contribution in [0.4, 0.5) is 0 Å². The average Bonchev–Trinajstić information content (AvgIpc) is 3.30. The first-order valence-corrected chi connectivity index (χ1v) is 11.8. The zero-order valence-electron chi connectivity index (χ0n) is 18.9. The molecular weight excluding hydrogens is 424 g/mol. The Bertz CT molecular complexity index is 1110. The fourth-order valence-electron chi connectivity index (χ4n) is 6.05. The Balaban J connectivity index is 1.59. The van der Waals surface area contributed by atoms with Crippen LogP contribution in [0.15, 0.2) is 36.1 Å². The molecular formula is C27H29ClO4. The van der Waals surface area contributed by atoms with Gasteiger partial charge in [-0.3, -0.25) is 0 Å². The van der Waals surface area contributed by atoms with Crippen LogP contribution >= 0.6 is 11.6 Å². The Morgan fingerprint density at radius 1 is 0.938 bits per heavy atom. The average molecular weight is 453 g/mol. The van der Waals surface area contributed by atoms with E-state index in [1.807, 2.05) is 38.1 Å². The standard InChI is InChI=1S/C27H29ClO4/c1-16-15-17(2)22(18(3)21(16)19-5-7-20(28)8-6-19)23-24(29)27(32-25(23)30)12-10-26(11-13-27)9-4-14-31-26/h5-8,15,29H,4,9-14H2,1-3H3/t26-,27-. The van der Waals surface area contributed by atoms with Crippen LogP contribution in [0.1, 0.15) is 60.8 Å². The van der Waals surface area contributed by atoms with Gasteiger partial charge in [0.05, 0.1) is 5.60 Å². The number of ether oxygens (including phenoxy) is 2. The first-order valence-electron chi connectivity index (χ1n) is 11.4. The van der Waals surface area contributed by atoms with Gasteiger partial charge in [0.25, 0.3) is 0 Å². The van der Waals surface area contributed by atoms with Gasteiger partial charge >= 0.3 is 5.97 Å².